The fourth-order valence-electron chi connectivity index (χ4n) is 2.97. The molecule has 2 aromatic rings. The van der Waals surface area contributed by atoms with Crippen molar-refractivity contribution in [3.8, 4) is 0 Å². The zero-order chi connectivity index (χ0) is 18.4. The van der Waals surface area contributed by atoms with Crippen LogP contribution in [0.15, 0.2) is 48.0 Å². The molecule has 0 aliphatic heterocycles. The van der Waals surface area contributed by atoms with Gasteiger partial charge in [-0.25, -0.2) is 4.99 Å². The molecule has 0 radical (unpaired) electrons. The van der Waals surface area contributed by atoms with Crippen molar-refractivity contribution in [2.24, 2.45) is 17.5 Å². The number of benzene rings is 1. The molecule has 27 heavy (non-hydrogen) atoms. The van der Waals surface area contributed by atoms with Crippen LogP contribution in [0, 0.1) is 12.3 Å². The maximum absolute atomic E-state index is 4.67. The lowest BCUT2D eigenvalue weighted by molar-refractivity contribution is 0.492. The number of hydrogen-bond donors (Lipinski definition) is 2. The number of hydrogen-bond acceptors (Lipinski definition) is 3. The second kappa shape index (κ2) is 9.87. The predicted octanol–water partition coefficient (Wildman–Crippen LogP) is 2.99. The van der Waals surface area contributed by atoms with E-state index in [-0.39, 0.29) is 24.0 Å². The van der Waals surface area contributed by atoms with Crippen molar-refractivity contribution in [3.05, 3.63) is 60.2 Å². The molecule has 0 spiro atoms. The van der Waals surface area contributed by atoms with Gasteiger partial charge in [-0.2, -0.15) is 0 Å². The van der Waals surface area contributed by atoms with Gasteiger partial charge in [0, 0.05) is 20.1 Å². The standard InChI is InChI=1S/C20H28N6.HI/c1-4-12-21-19(22-14-18-25-24-16(2)26(18)3)23-15-20(10-11-20)13-17-8-6-5-7-9-17;/h4-9H,1,10-15H2,2-3H3,(H2,21,22,23);1H. The molecule has 1 heterocycles. The van der Waals surface area contributed by atoms with Gasteiger partial charge in [0.05, 0.1) is 0 Å². The second-order valence-corrected chi connectivity index (χ2v) is 7.07. The molecule has 1 aromatic carbocycles. The number of nitrogens with one attached hydrogen (secondary N) is 2. The SMILES string of the molecule is C=CCNC(=NCc1nnc(C)n1C)NCC1(Cc2ccccc2)CC1.I. The van der Waals surface area contributed by atoms with Crippen LogP contribution in [-0.4, -0.2) is 33.8 Å². The first-order chi connectivity index (χ1) is 12.6. The Kier molecular flexibility index (Phi) is 7.82. The number of aromatic nitrogens is 3. The van der Waals surface area contributed by atoms with Crippen molar-refractivity contribution in [2.45, 2.75) is 32.7 Å². The molecular weight excluding hydrogens is 451 g/mol. The number of aliphatic imine (C=N–C) groups is 1. The molecule has 0 atom stereocenters. The van der Waals surface area contributed by atoms with Gasteiger partial charge in [0.2, 0.25) is 0 Å². The first-order valence-corrected chi connectivity index (χ1v) is 9.14. The number of aryl methyl sites for hydroxylation is 1. The minimum atomic E-state index is 0. The van der Waals surface area contributed by atoms with Crippen LogP contribution < -0.4 is 10.6 Å². The van der Waals surface area contributed by atoms with Gasteiger partial charge in [-0.1, -0.05) is 36.4 Å². The van der Waals surface area contributed by atoms with E-state index >= 15 is 0 Å². The topological polar surface area (TPSA) is 67.1 Å². The Bertz CT molecular complexity index is 764. The van der Waals surface area contributed by atoms with Gasteiger partial charge in [0.15, 0.2) is 11.8 Å². The van der Waals surface area contributed by atoms with Crippen LogP contribution in [0.4, 0.5) is 0 Å². The smallest absolute Gasteiger partial charge is 0.191 e. The van der Waals surface area contributed by atoms with Crippen LogP contribution in [0.1, 0.15) is 30.1 Å². The normalized spacial score (nSPS) is 15.0. The molecule has 2 N–H and O–H groups in total. The predicted molar refractivity (Wildman–Crippen MR) is 120 cm³/mol. The first-order valence-electron chi connectivity index (χ1n) is 9.14. The highest BCUT2D eigenvalue weighted by Crippen LogP contribution is 2.47. The van der Waals surface area contributed by atoms with Crippen molar-refractivity contribution in [1.82, 2.24) is 25.4 Å². The van der Waals surface area contributed by atoms with E-state index in [2.05, 4.69) is 62.7 Å². The molecular formula is C20H29IN6. The Labute approximate surface area is 178 Å². The molecule has 0 amide bonds. The van der Waals surface area contributed by atoms with E-state index in [1.165, 1.54) is 18.4 Å². The molecule has 0 saturated heterocycles. The summed E-state index contributed by atoms with van der Waals surface area (Å²) in [6.45, 7) is 7.80. The van der Waals surface area contributed by atoms with Crippen LogP contribution in [-0.2, 0) is 20.0 Å². The molecule has 1 saturated carbocycles. The third kappa shape index (κ3) is 6.05. The lowest BCUT2D eigenvalue weighted by Crippen LogP contribution is -2.41. The van der Waals surface area contributed by atoms with Crippen LogP contribution in [0.25, 0.3) is 0 Å². The third-order valence-electron chi connectivity index (χ3n) is 4.99. The molecule has 1 fully saturated rings. The molecule has 6 nitrogen and oxygen atoms in total. The fourth-order valence-corrected chi connectivity index (χ4v) is 2.97. The van der Waals surface area contributed by atoms with Crippen molar-refractivity contribution in [1.29, 1.82) is 0 Å². The molecule has 0 unspecified atom stereocenters. The van der Waals surface area contributed by atoms with Gasteiger partial charge in [-0.3, -0.25) is 0 Å². The Morgan fingerprint density at radius 2 is 2.00 bits per heavy atom. The zero-order valence-corrected chi connectivity index (χ0v) is 18.4. The summed E-state index contributed by atoms with van der Waals surface area (Å²) in [6.07, 6.45) is 5.46. The second-order valence-electron chi connectivity index (χ2n) is 7.07. The molecule has 1 aromatic heterocycles. The molecule has 3 rings (SSSR count). The van der Waals surface area contributed by atoms with Crippen molar-refractivity contribution in [2.75, 3.05) is 13.1 Å². The Hall–Kier alpha value is -1.90. The maximum atomic E-state index is 4.67. The van der Waals surface area contributed by atoms with Crippen molar-refractivity contribution in [3.63, 3.8) is 0 Å². The van der Waals surface area contributed by atoms with E-state index in [4.69, 9.17) is 0 Å². The average molecular weight is 480 g/mol. The fraction of sp³-hybridized carbons (Fsp3) is 0.450. The summed E-state index contributed by atoms with van der Waals surface area (Å²) in [5, 5.41) is 15.1. The van der Waals surface area contributed by atoms with E-state index in [9.17, 15) is 0 Å². The van der Waals surface area contributed by atoms with Crippen LogP contribution in [0.3, 0.4) is 0 Å². The highest BCUT2D eigenvalue weighted by atomic mass is 127. The monoisotopic (exact) mass is 480 g/mol. The lowest BCUT2D eigenvalue weighted by Gasteiger charge is -2.18. The molecule has 0 bridgehead atoms. The summed E-state index contributed by atoms with van der Waals surface area (Å²) in [5.74, 6) is 2.54. The van der Waals surface area contributed by atoms with E-state index in [1.807, 2.05) is 24.6 Å². The van der Waals surface area contributed by atoms with Gasteiger partial charge < -0.3 is 15.2 Å². The minimum Gasteiger partial charge on any atom is -0.356 e. The Morgan fingerprint density at radius 3 is 2.59 bits per heavy atom. The van der Waals surface area contributed by atoms with Gasteiger partial charge in [-0.15, -0.1) is 40.8 Å². The van der Waals surface area contributed by atoms with Crippen LogP contribution >= 0.6 is 24.0 Å². The highest BCUT2D eigenvalue weighted by Gasteiger charge is 2.42. The third-order valence-corrected chi connectivity index (χ3v) is 4.99. The number of rotatable bonds is 8. The van der Waals surface area contributed by atoms with E-state index in [0.29, 0.717) is 18.5 Å². The highest BCUT2D eigenvalue weighted by molar-refractivity contribution is 14.0. The molecule has 146 valence electrons. The Morgan fingerprint density at radius 1 is 1.26 bits per heavy atom. The van der Waals surface area contributed by atoms with Crippen molar-refractivity contribution >= 4 is 29.9 Å². The molecule has 7 heteroatoms. The number of guanidine groups is 1. The minimum absolute atomic E-state index is 0. The summed E-state index contributed by atoms with van der Waals surface area (Å²) in [5.41, 5.74) is 1.75. The summed E-state index contributed by atoms with van der Waals surface area (Å²) in [4.78, 5) is 4.67. The molecule has 1 aliphatic carbocycles. The van der Waals surface area contributed by atoms with Gasteiger partial charge in [0.1, 0.15) is 12.4 Å². The van der Waals surface area contributed by atoms with E-state index in [1.54, 1.807) is 0 Å². The molecule has 1 aliphatic rings. The summed E-state index contributed by atoms with van der Waals surface area (Å²) in [7, 11) is 1.96. The van der Waals surface area contributed by atoms with Gasteiger partial charge >= 0.3 is 0 Å². The van der Waals surface area contributed by atoms with Crippen molar-refractivity contribution < 1.29 is 0 Å². The zero-order valence-electron chi connectivity index (χ0n) is 16.1. The largest absolute Gasteiger partial charge is 0.356 e. The summed E-state index contributed by atoms with van der Waals surface area (Å²) >= 11 is 0. The van der Waals surface area contributed by atoms with Crippen LogP contribution in [0.2, 0.25) is 0 Å². The number of halogens is 1. The van der Waals surface area contributed by atoms with E-state index < -0.39 is 0 Å². The van der Waals surface area contributed by atoms with Gasteiger partial charge in [0.25, 0.3) is 0 Å². The maximum Gasteiger partial charge on any atom is 0.191 e. The Balaban J connectivity index is 0.00000261. The summed E-state index contributed by atoms with van der Waals surface area (Å²) < 4.78 is 1.96. The first kappa shape index (κ1) is 21.4. The van der Waals surface area contributed by atoms with Crippen LogP contribution in [0.5, 0.6) is 0 Å². The van der Waals surface area contributed by atoms with Gasteiger partial charge in [-0.05, 0) is 37.2 Å². The summed E-state index contributed by atoms with van der Waals surface area (Å²) in [6, 6.07) is 10.7. The lowest BCUT2D eigenvalue weighted by atomic mass is 9.96. The average Bonchev–Trinajstić information content (AvgIpc) is 3.35. The number of nitrogens with zero attached hydrogens (tertiary/aromatic N) is 4. The van der Waals surface area contributed by atoms with E-state index in [0.717, 1.165) is 30.6 Å². The quantitative estimate of drug-likeness (QED) is 0.264.